The number of H-pyrrole nitrogens is 1. The molecule has 7 heteroatoms. The molecule has 1 aromatic carbocycles. The molecule has 2 aromatic heterocycles. The zero-order valence-electron chi connectivity index (χ0n) is 17.2. The van der Waals surface area contributed by atoms with E-state index in [2.05, 4.69) is 10.1 Å². The van der Waals surface area contributed by atoms with Crippen LogP contribution in [0, 0.1) is 6.92 Å². The van der Waals surface area contributed by atoms with Crippen LogP contribution in [0.3, 0.4) is 0 Å². The van der Waals surface area contributed by atoms with E-state index in [1.165, 1.54) is 16.0 Å². The molecule has 0 aliphatic heterocycles. The molecule has 1 aliphatic rings. The predicted molar refractivity (Wildman–Crippen MR) is 120 cm³/mol. The standard InChI is InChI=1S/C23H25N3O3S/c1-3-29-23(28)20-17-12-8-5-9-13-19(17)30-21(20)24-14-18-15(2)25-26(22(18)27)16-10-6-4-7-11-16/h4,6-7,10-11,14,25H,3,5,8-9,12-13H2,1-2H3. The number of aryl methyl sites for hydroxylation is 2. The molecule has 0 saturated heterocycles. The average Bonchev–Trinajstić information content (AvgIpc) is 3.13. The predicted octanol–water partition coefficient (Wildman–Crippen LogP) is 4.73. The Balaban J connectivity index is 1.74. The Morgan fingerprint density at radius 3 is 2.77 bits per heavy atom. The summed E-state index contributed by atoms with van der Waals surface area (Å²) in [6, 6.07) is 9.41. The van der Waals surface area contributed by atoms with Gasteiger partial charge in [-0.25, -0.2) is 14.5 Å². The molecule has 1 aliphatic carbocycles. The number of fused-ring (bicyclic) bond motifs is 1. The van der Waals surface area contributed by atoms with Crippen LogP contribution in [-0.4, -0.2) is 28.6 Å². The number of nitrogens with one attached hydrogen (secondary N) is 1. The van der Waals surface area contributed by atoms with Crippen molar-refractivity contribution in [3.8, 4) is 5.69 Å². The first-order valence-corrected chi connectivity index (χ1v) is 11.1. The molecule has 0 unspecified atom stereocenters. The molecule has 0 saturated carbocycles. The van der Waals surface area contributed by atoms with E-state index < -0.39 is 0 Å². The maximum Gasteiger partial charge on any atom is 0.341 e. The molecule has 1 N–H and O–H groups in total. The Kier molecular flexibility index (Phi) is 5.99. The van der Waals surface area contributed by atoms with Crippen LogP contribution in [0.15, 0.2) is 40.1 Å². The molecule has 0 radical (unpaired) electrons. The number of hydrogen-bond donors (Lipinski definition) is 1. The Labute approximate surface area is 179 Å². The molecule has 3 aromatic rings. The molecule has 0 atom stereocenters. The van der Waals surface area contributed by atoms with Gasteiger partial charge in [0.05, 0.1) is 23.4 Å². The highest BCUT2D eigenvalue weighted by Crippen LogP contribution is 2.39. The van der Waals surface area contributed by atoms with Crippen LogP contribution in [0.2, 0.25) is 0 Å². The van der Waals surface area contributed by atoms with Crippen LogP contribution in [-0.2, 0) is 17.6 Å². The average molecular weight is 424 g/mol. The Morgan fingerprint density at radius 2 is 2.00 bits per heavy atom. The van der Waals surface area contributed by atoms with Gasteiger partial charge in [0.15, 0.2) is 0 Å². The summed E-state index contributed by atoms with van der Waals surface area (Å²) in [6.45, 7) is 3.98. The molecular weight excluding hydrogens is 398 g/mol. The summed E-state index contributed by atoms with van der Waals surface area (Å²) < 4.78 is 6.82. The van der Waals surface area contributed by atoms with Gasteiger partial charge in [0, 0.05) is 16.8 Å². The summed E-state index contributed by atoms with van der Waals surface area (Å²) in [6.07, 6.45) is 6.77. The lowest BCUT2D eigenvalue weighted by Gasteiger charge is -2.05. The zero-order valence-corrected chi connectivity index (χ0v) is 18.1. The van der Waals surface area contributed by atoms with E-state index in [0.29, 0.717) is 22.7 Å². The molecule has 156 valence electrons. The normalized spacial score (nSPS) is 13.9. The van der Waals surface area contributed by atoms with Crippen molar-refractivity contribution < 1.29 is 9.53 Å². The maximum absolute atomic E-state index is 12.9. The topological polar surface area (TPSA) is 76.4 Å². The first kappa shape index (κ1) is 20.3. The molecular formula is C23H25N3O3S. The fourth-order valence-corrected chi connectivity index (χ4v) is 5.05. The Hall–Kier alpha value is -2.93. The molecule has 0 fully saturated rings. The van der Waals surface area contributed by atoms with Crippen molar-refractivity contribution in [1.82, 2.24) is 9.78 Å². The second-order valence-electron chi connectivity index (χ2n) is 7.35. The zero-order chi connectivity index (χ0) is 21.1. The minimum atomic E-state index is -0.323. The summed E-state index contributed by atoms with van der Waals surface area (Å²) in [7, 11) is 0. The lowest BCUT2D eigenvalue weighted by Crippen LogP contribution is -2.17. The molecule has 0 amide bonds. The number of hydrogen-bond acceptors (Lipinski definition) is 5. The van der Waals surface area contributed by atoms with Crippen LogP contribution in [0.25, 0.3) is 5.69 Å². The van der Waals surface area contributed by atoms with E-state index in [9.17, 15) is 9.59 Å². The largest absolute Gasteiger partial charge is 0.462 e. The van der Waals surface area contributed by atoms with Crippen LogP contribution >= 0.6 is 11.3 Å². The third-order valence-corrected chi connectivity index (χ3v) is 6.52. The summed E-state index contributed by atoms with van der Waals surface area (Å²) in [4.78, 5) is 31.4. The van der Waals surface area contributed by atoms with Crippen LogP contribution in [0.1, 0.15) is 58.2 Å². The van der Waals surface area contributed by atoms with Gasteiger partial charge in [0.2, 0.25) is 0 Å². The van der Waals surface area contributed by atoms with E-state index in [1.807, 2.05) is 37.3 Å². The first-order chi connectivity index (χ1) is 14.6. The highest BCUT2D eigenvalue weighted by Gasteiger charge is 2.25. The van der Waals surface area contributed by atoms with E-state index >= 15 is 0 Å². The number of thiophene rings is 1. The monoisotopic (exact) mass is 423 g/mol. The van der Waals surface area contributed by atoms with Gasteiger partial charge in [-0.05, 0) is 57.2 Å². The third kappa shape index (κ3) is 3.89. The number of nitrogens with zero attached hydrogens (tertiary/aromatic N) is 2. The van der Waals surface area contributed by atoms with Gasteiger partial charge in [0.1, 0.15) is 5.00 Å². The van der Waals surface area contributed by atoms with Gasteiger partial charge < -0.3 is 4.74 Å². The van der Waals surface area contributed by atoms with Gasteiger partial charge in [-0.1, -0.05) is 24.6 Å². The molecule has 30 heavy (non-hydrogen) atoms. The number of esters is 1. The lowest BCUT2D eigenvalue weighted by atomic mass is 10.1. The quantitative estimate of drug-likeness (QED) is 0.366. The third-order valence-electron chi connectivity index (χ3n) is 5.32. The van der Waals surface area contributed by atoms with E-state index in [-0.39, 0.29) is 11.5 Å². The lowest BCUT2D eigenvalue weighted by molar-refractivity contribution is 0.0526. The van der Waals surface area contributed by atoms with Gasteiger partial charge in [-0.2, -0.15) is 0 Å². The van der Waals surface area contributed by atoms with Crippen molar-refractivity contribution in [2.45, 2.75) is 46.0 Å². The SMILES string of the molecule is CCOC(=O)c1c(N=Cc2c(C)[nH]n(-c3ccccc3)c2=O)sc2c1CCCCC2. The van der Waals surface area contributed by atoms with Gasteiger partial charge in [-0.3, -0.25) is 9.89 Å². The van der Waals surface area contributed by atoms with Gasteiger partial charge in [-0.15, -0.1) is 11.3 Å². The number of carbonyl (C=O) groups is 1. The number of aromatic nitrogens is 2. The Bertz CT molecular complexity index is 1140. The summed E-state index contributed by atoms with van der Waals surface area (Å²) in [5.74, 6) is -0.323. The second-order valence-corrected chi connectivity index (χ2v) is 8.43. The fourth-order valence-electron chi connectivity index (χ4n) is 3.83. The highest BCUT2D eigenvalue weighted by molar-refractivity contribution is 7.16. The number of benzene rings is 1. The molecule has 0 spiro atoms. The second kappa shape index (κ2) is 8.83. The van der Waals surface area contributed by atoms with Crippen LogP contribution < -0.4 is 5.56 Å². The van der Waals surface area contributed by atoms with Crippen molar-refractivity contribution in [2.75, 3.05) is 6.61 Å². The number of rotatable bonds is 5. The van der Waals surface area contributed by atoms with Crippen molar-refractivity contribution in [3.63, 3.8) is 0 Å². The molecule has 6 nitrogen and oxygen atoms in total. The van der Waals surface area contributed by atoms with Crippen molar-refractivity contribution in [2.24, 2.45) is 4.99 Å². The summed E-state index contributed by atoms with van der Waals surface area (Å²) in [5, 5.41) is 3.74. The minimum absolute atomic E-state index is 0.168. The van der Waals surface area contributed by atoms with E-state index in [4.69, 9.17) is 4.74 Å². The number of aliphatic imine (C=N–C) groups is 1. The molecule has 4 rings (SSSR count). The number of aromatic amines is 1. The summed E-state index contributed by atoms with van der Waals surface area (Å²) >= 11 is 1.55. The highest BCUT2D eigenvalue weighted by atomic mass is 32.1. The van der Waals surface area contributed by atoms with Gasteiger partial charge in [0.25, 0.3) is 5.56 Å². The smallest absolute Gasteiger partial charge is 0.341 e. The first-order valence-electron chi connectivity index (χ1n) is 10.3. The molecule has 0 bridgehead atoms. The van der Waals surface area contributed by atoms with Crippen molar-refractivity contribution in [3.05, 3.63) is 67.9 Å². The summed E-state index contributed by atoms with van der Waals surface area (Å²) in [5.41, 5.74) is 3.46. The van der Waals surface area contributed by atoms with Crippen molar-refractivity contribution in [1.29, 1.82) is 0 Å². The molecule has 2 heterocycles. The number of ether oxygens (including phenoxy) is 1. The maximum atomic E-state index is 12.9. The van der Waals surface area contributed by atoms with E-state index in [0.717, 1.165) is 42.6 Å². The number of carbonyl (C=O) groups excluding carboxylic acids is 1. The van der Waals surface area contributed by atoms with Crippen LogP contribution in [0.4, 0.5) is 5.00 Å². The van der Waals surface area contributed by atoms with Crippen LogP contribution in [0.5, 0.6) is 0 Å². The van der Waals surface area contributed by atoms with E-state index in [1.54, 1.807) is 24.5 Å². The van der Waals surface area contributed by atoms with Gasteiger partial charge >= 0.3 is 5.97 Å². The van der Waals surface area contributed by atoms with Crippen molar-refractivity contribution >= 4 is 28.5 Å². The Morgan fingerprint density at radius 1 is 1.23 bits per heavy atom. The minimum Gasteiger partial charge on any atom is -0.462 e. The fraction of sp³-hybridized carbons (Fsp3) is 0.348. The number of para-hydroxylation sites is 1.